The van der Waals surface area contributed by atoms with Crippen LogP contribution >= 0.6 is 0 Å². The third kappa shape index (κ3) is 3.88. The maximum atomic E-state index is 13.2. The summed E-state index contributed by atoms with van der Waals surface area (Å²) in [6.07, 6.45) is 1.55. The van der Waals surface area contributed by atoms with Crippen molar-refractivity contribution < 1.29 is 22.3 Å². The van der Waals surface area contributed by atoms with E-state index in [1.54, 1.807) is 31.2 Å². The molecule has 2 aromatic carbocycles. The summed E-state index contributed by atoms with van der Waals surface area (Å²) in [4.78, 5) is 12.0. The molecule has 0 spiro atoms. The molecule has 1 heterocycles. The molecular weight excluding hydrogens is 369 g/mol. The molecule has 1 unspecified atom stereocenters. The van der Waals surface area contributed by atoms with E-state index in [1.165, 1.54) is 34.6 Å². The van der Waals surface area contributed by atoms with Gasteiger partial charge in [-0.15, -0.1) is 0 Å². The number of halogens is 1. The van der Waals surface area contributed by atoms with Gasteiger partial charge < -0.3 is 4.74 Å². The summed E-state index contributed by atoms with van der Waals surface area (Å²) < 4.78 is 45.7. The maximum absolute atomic E-state index is 13.2. The van der Waals surface area contributed by atoms with E-state index in [0.29, 0.717) is 17.7 Å². The number of nitrogens with zero attached hydrogens (tertiary/aromatic N) is 1. The molecule has 27 heavy (non-hydrogen) atoms. The van der Waals surface area contributed by atoms with Crippen LogP contribution in [0.1, 0.15) is 30.5 Å². The number of hydrogen-bond acceptors (Lipinski definition) is 4. The zero-order valence-corrected chi connectivity index (χ0v) is 15.9. The first-order valence-corrected chi connectivity index (χ1v) is 10.0. The van der Waals surface area contributed by atoms with Crippen molar-refractivity contribution in [2.45, 2.75) is 31.2 Å². The molecule has 142 valence electrons. The van der Waals surface area contributed by atoms with Gasteiger partial charge in [0.05, 0.1) is 17.5 Å². The summed E-state index contributed by atoms with van der Waals surface area (Å²) >= 11 is 0. The van der Waals surface area contributed by atoms with Gasteiger partial charge in [-0.3, -0.25) is 4.31 Å². The summed E-state index contributed by atoms with van der Waals surface area (Å²) in [6, 6.07) is 11.7. The first-order chi connectivity index (χ1) is 12.8. The molecule has 1 saturated heterocycles. The molecule has 5 nitrogen and oxygen atoms in total. The Morgan fingerprint density at radius 2 is 1.81 bits per heavy atom. The van der Waals surface area contributed by atoms with Crippen LogP contribution in [0.5, 0.6) is 0 Å². The summed E-state index contributed by atoms with van der Waals surface area (Å²) in [5.74, 6) is -0.984. The highest BCUT2D eigenvalue weighted by Gasteiger charge is 2.43. The first kappa shape index (κ1) is 19.1. The number of ether oxygens (including phenoxy) is 1. The maximum Gasteiger partial charge on any atom is 0.332 e. The second-order valence-electron chi connectivity index (χ2n) is 6.27. The molecule has 0 bridgehead atoms. The molecule has 0 aromatic heterocycles. The van der Waals surface area contributed by atoms with Crippen LogP contribution in [0.3, 0.4) is 0 Å². The lowest BCUT2D eigenvalue weighted by Gasteiger charge is -2.44. The lowest BCUT2D eigenvalue weighted by atomic mass is 9.94. The molecule has 1 aliphatic heterocycles. The molecule has 1 fully saturated rings. The van der Waals surface area contributed by atoms with Crippen LogP contribution in [0.15, 0.2) is 65.2 Å². The van der Waals surface area contributed by atoms with Crippen molar-refractivity contribution in [3.8, 4) is 0 Å². The van der Waals surface area contributed by atoms with Gasteiger partial charge in [0.25, 0.3) is 10.0 Å². The fraction of sp³-hybridized carbons (Fsp3) is 0.250. The number of rotatable bonds is 5. The van der Waals surface area contributed by atoms with E-state index in [0.717, 1.165) is 5.56 Å². The largest absolute Gasteiger partial charge is 0.463 e. The van der Waals surface area contributed by atoms with E-state index < -0.39 is 27.9 Å². The van der Waals surface area contributed by atoms with Gasteiger partial charge in [-0.2, -0.15) is 0 Å². The molecule has 0 radical (unpaired) electrons. The number of sulfonamides is 1. The minimum Gasteiger partial charge on any atom is -0.463 e. The van der Waals surface area contributed by atoms with Gasteiger partial charge in [-0.05, 0) is 43.7 Å². The quantitative estimate of drug-likeness (QED) is 0.578. The predicted molar refractivity (Wildman–Crippen MR) is 98.7 cm³/mol. The third-order valence-electron chi connectivity index (χ3n) is 4.37. The third-order valence-corrected chi connectivity index (χ3v) is 6.25. The zero-order chi connectivity index (χ0) is 19.6. The van der Waals surface area contributed by atoms with Gasteiger partial charge in [0.1, 0.15) is 5.82 Å². The summed E-state index contributed by atoms with van der Waals surface area (Å²) in [5, 5.41) is 0. The zero-order valence-electron chi connectivity index (χ0n) is 15.1. The van der Waals surface area contributed by atoms with Crippen molar-refractivity contribution in [2.75, 3.05) is 6.61 Å². The number of esters is 1. The van der Waals surface area contributed by atoms with E-state index in [-0.39, 0.29) is 11.5 Å². The standard InChI is InChI=1S/C20H20FNO4S/c1-3-26-20(23)13-17-12-19(15-6-8-16(21)9-7-15)22(17)27(24,25)18-10-4-14(2)5-11-18/h4-11,13,19H,3,12H2,1-2H3/b17-13+. The Labute approximate surface area is 158 Å². The molecule has 0 saturated carbocycles. The van der Waals surface area contributed by atoms with Crippen LogP contribution in [-0.4, -0.2) is 25.3 Å². The topological polar surface area (TPSA) is 63.7 Å². The van der Waals surface area contributed by atoms with Crippen molar-refractivity contribution in [1.82, 2.24) is 4.31 Å². The second kappa shape index (κ2) is 7.52. The average Bonchev–Trinajstić information content (AvgIpc) is 2.59. The molecule has 2 aromatic rings. The molecule has 1 aliphatic rings. The van der Waals surface area contributed by atoms with E-state index in [2.05, 4.69) is 0 Å². The Kier molecular flexibility index (Phi) is 5.32. The van der Waals surface area contributed by atoms with Gasteiger partial charge in [-0.25, -0.2) is 17.6 Å². The Morgan fingerprint density at radius 1 is 1.19 bits per heavy atom. The number of carbonyl (C=O) groups excluding carboxylic acids is 1. The van der Waals surface area contributed by atoms with Crippen LogP contribution in [0.4, 0.5) is 4.39 Å². The second-order valence-corrected chi connectivity index (χ2v) is 8.09. The monoisotopic (exact) mass is 389 g/mol. The van der Waals surface area contributed by atoms with Crippen molar-refractivity contribution in [2.24, 2.45) is 0 Å². The van der Waals surface area contributed by atoms with Gasteiger partial charge in [0, 0.05) is 18.2 Å². The van der Waals surface area contributed by atoms with Crippen molar-refractivity contribution >= 4 is 16.0 Å². The normalized spacial score (nSPS) is 18.3. The van der Waals surface area contributed by atoms with E-state index >= 15 is 0 Å². The molecule has 0 aliphatic carbocycles. The SMILES string of the molecule is CCOC(=O)/C=C1\CC(c2ccc(F)cc2)N1S(=O)(=O)c1ccc(C)cc1. The molecular formula is C20H20FNO4S. The number of aryl methyl sites for hydroxylation is 1. The van der Waals surface area contributed by atoms with E-state index in [9.17, 15) is 17.6 Å². The molecule has 7 heteroatoms. The van der Waals surface area contributed by atoms with Crippen molar-refractivity contribution in [3.63, 3.8) is 0 Å². The summed E-state index contributed by atoms with van der Waals surface area (Å²) in [5.41, 5.74) is 1.95. The van der Waals surface area contributed by atoms with Gasteiger partial charge in [0.2, 0.25) is 0 Å². The molecule has 0 amide bonds. The first-order valence-electron chi connectivity index (χ1n) is 8.57. The van der Waals surface area contributed by atoms with Crippen LogP contribution in [0.2, 0.25) is 0 Å². The highest BCUT2D eigenvalue weighted by molar-refractivity contribution is 7.89. The van der Waals surface area contributed by atoms with Gasteiger partial charge >= 0.3 is 5.97 Å². The Hall–Kier alpha value is -2.67. The number of hydrogen-bond donors (Lipinski definition) is 0. The van der Waals surface area contributed by atoms with Crippen molar-refractivity contribution in [3.05, 3.63) is 77.2 Å². The number of benzene rings is 2. The van der Waals surface area contributed by atoms with E-state index in [4.69, 9.17) is 4.74 Å². The average molecular weight is 389 g/mol. The highest BCUT2D eigenvalue weighted by Crippen LogP contribution is 2.45. The minimum atomic E-state index is -3.87. The van der Waals surface area contributed by atoms with Crippen LogP contribution < -0.4 is 0 Å². The Bertz CT molecular complexity index is 966. The minimum absolute atomic E-state index is 0.134. The fourth-order valence-corrected chi connectivity index (χ4v) is 4.66. The van der Waals surface area contributed by atoms with Crippen LogP contribution in [0.25, 0.3) is 0 Å². The van der Waals surface area contributed by atoms with Crippen molar-refractivity contribution in [1.29, 1.82) is 0 Å². The summed E-state index contributed by atoms with van der Waals surface area (Å²) in [6.45, 7) is 3.75. The predicted octanol–water partition coefficient (Wildman–Crippen LogP) is 3.72. The highest BCUT2D eigenvalue weighted by atomic mass is 32.2. The molecule has 1 atom stereocenters. The van der Waals surface area contributed by atoms with Crippen LogP contribution in [-0.2, 0) is 19.6 Å². The smallest absolute Gasteiger partial charge is 0.332 e. The Morgan fingerprint density at radius 3 is 2.41 bits per heavy atom. The Balaban J connectivity index is 2.00. The summed E-state index contributed by atoms with van der Waals surface area (Å²) in [7, 11) is -3.87. The fourth-order valence-electron chi connectivity index (χ4n) is 2.99. The number of carbonyl (C=O) groups is 1. The molecule has 3 rings (SSSR count). The molecule has 0 N–H and O–H groups in total. The van der Waals surface area contributed by atoms with Crippen LogP contribution in [0, 0.1) is 12.7 Å². The van der Waals surface area contributed by atoms with E-state index in [1.807, 2.05) is 6.92 Å². The van der Waals surface area contributed by atoms with Gasteiger partial charge in [-0.1, -0.05) is 29.8 Å². The lowest BCUT2D eigenvalue weighted by molar-refractivity contribution is -0.137. The lowest BCUT2D eigenvalue weighted by Crippen LogP contribution is -2.43. The van der Waals surface area contributed by atoms with Gasteiger partial charge in [0.15, 0.2) is 0 Å².